The minimum absolute atomic E-state index is 0.0707. The molecule has 0 saturated heterocycles. The van der Waals surface area contributed by atoms with Crippen LogP contribution in [-0.2, 0) is 18.4 Å². The Kier molecular flexibility index (Phi) is 8.11. The number of aromatic nitrogens is 3. The Morgan fingerprint density at radius 2 is 2.00 bits per heavy atom. The van der Waals surface area contributed by atoms with Gasteiger partial charge >= 0.3 is 0 Å². The highest BCUT2D eigenvalue weighted by molar-refractivity contribution is 6.04. The highest BCUT2D eigenvalue weighted by Gasteiger charge is 2.21. The average Bonchev–Trinajstić information content (AvgIpc) is 3.28. The summed E-state index contributed by atoms with van der Waals surface area (Å²) in [6.45, 7) is 7.38. The van der Waals surface area contributed by atoms with Crippen LogP contribution < -0.4 is 15.6 Å². The van der Waals surface area contributed by atoms with Gasteiger partial charge in [0.1, 0.15) is 12.3 Å². The van der Waals surface area contributed by atoms with Gasteiger partial charge < -0.3 is 19.5 Å². The van der Waals surface area contributed by atoms with Gasteiger partial charge in [-0.2, -0.15) is 5.10 Å². The summed E-state index contributed by atoms with van der Waals surface area (Å²) in [5, 5.41) is 8.78. The topological polar surface area (TPSA) is 81.4 Å². The van der Waals surface area contributed by atoms with E-state index in [2.05, 4.69) is 29.2 Å². The van der Waals surface area contributed by atoms with E-state index >= 15 is 0 Å². The molecule has 1 aromatic carbocycles. The predicted octanol–water partition coefficient (Wildman–Crippen LogP) is 3.69. The number of fused-ring (bicyclic) bond motifs is 3. The molecule has 190 valence electrons. The summed E-state index contributed by atoms with van der Waals surface area (Å²) in [5.74, 6) is 1.24. The fourth-order valence-corrected chi connectivity index (χ4v) is 5.40. The molecule has 0 spiro atoms. The van der Waals surface area contributed by atoms with Crippen molar-refractivity contribution in [2.75, 3.05) is 26.7 Å². The lowest BCUT2D eigenvalue weighted by molar-refractivity contribution is -0.121. The van der Waals surface area contributed by atoms with Crippen molar-refractivity contribution in [2.24, 2.45) is 13.0 Å². The van der Waals surface area contributed by atoms with Crippen molar-refractivity contribution in [1.29, 1.82) is 0 Å². The van der Waals surface area contributed by atoms with Crippen molar-refractivity contribution in [1.82, 2.24) is 24.6 Å². The van der Waals surface area contributed by atoms with E-state index in [1.165, 1.54) is 32.1 Å². The van der Waals surface area contributed by atoms with E-state index in [0.717, 1.165) is 30.4 Å². The molecule has 1 saturated carbocycles. The van der Waals surface area contributed by atoms with Crippen LogP contribution in [0, 0.1) is 5.92 Å². The smallest absolute Gasteiger partial charge is 0.261 e. The first-order valence-electron chi connectivity index (χ1n) is 12.9. The molecule has 4 rings (SSSR count). The van der Waals surface area contributed by atoms with Gasteiger partial charge in [0, 0.05) is 38.1 Å². The number of amides is 1. The van der Waals surface area contributed by atoms with Crippen molar-refractivity contribution in [2.45, 2.75) is 65.0 Å². The van der Waals surface area contributed by atoms with E-state index in [9.17, 15) is 9.59 Å². The second kappa shape index (κ2) is 11.2. The zero-order chi connectivity index (χ0) is 24.9. The van der Waals surface area contributed by atoms with Gasteiger partial charge in [-0.3, -0.25) is 14.3 Å². The van der Waals surface area contributed by atoms with Crippen molar-refractivity contribution in [3.05, 3.63) is 34.7 Å². The molecule has 1 amide bonds. The molecule has 1 fully saturated rings. The lowest BCUT2D eigenvalue weighted by Gasteiger charge is -2.35. The Balaban J connectivity index is 1.42. The second-order valence-electron chi connectivity index (χ2n) is 10.2. The molecule has 3 aromatic rings. The van der Waals surface area contributed by atoms with Gasteiger partial charge in [0.15, 0.2) is 0 Å². The van der Waals surface area contributed by atoms with Crippen molar-refractivity contribution < 1.29 is 9.53 Å². The first-order chi connectivity index (χ1) is 16.9. The summed E-state index contributed by atoms with van der Waals surface area (Å²) >= 11 is 0. The number of benzene rings is 1. The highest BCUT2D eigenvalue weighted by Crippen LogP contribution is 2.26. The van der Waals surface area contributed by atoms with Crippen molar-refractivity contribution >= 4 is 27.7 Å². The quantitative estimate of drug-likeness (QED) is 0.447. The fourth-order valence-electron chi connectivity index (χ4n) is 5.40. The zero-order valence-electron chi connectivity index (χ0n) is 21.5. The van der Waals surface area contributed by atoms with E-state index in [1.807, 2.05) is 18.2 Å². The number of hydrogen-bond acceptors (Lipinski definition) is 5. The molecule has 35 heavy (non-hydrogen) atoms. The van der Waals surface area contributed by atoms with Crippen LogP contribution in [0.2, 0.25) is 0 Å². The van der Waals surface area contributed by atoms with Crippen LogP contribution in [-0.4, -0.2) is 57.9 Å². The standard InChI is InChI=1S/C27H39N5O3/c1-19(2)17-31(20-9-6-5-7-10-20)14-8-13-28-25(33)18-32-26-22-15-21(35-4)11-12-24(22)30(3)27(34)23(26)16-29-32/h11-12,15-16,19-20H,5-10,13-14,17-18H2,1-4H3,(H,28,33). The zero-order valence-corrected chi connectivity index (χ0v) is 21.5. The monoisotopic (exact) mass is 481 g/mol. The second-order valence-corrected chi connectivity index (χ2v) is 10.2. The number of hydrogen-bond donors (Lipinski definition) is 1. The van der Waals surface area contributed by atoms with Crippen LogP contribution in [0.25, 0.3) is 21.8 Å². The summed E-state index contributed by atoms with van der Waals surface area (Å²) < 4.78 is 8.63. The van der Waals surface area contributed by atoms with Crippen molar-refractivity contribution in [3.8, 4) is 5.75 Å². The summed E-state index contributed by atoms with van der Waals surface area (Å²) in [6.07, 6.45) is 9.09. The van der Waals surface area contributed by atoms with Gasteiger partial charge in [-0.15, -0.1) is 0 Å². The first-order valence-corrected chi connectivity index (χ1v) is 12.9. The average molecular weight is 482 g/mol. The molecule has 1 aliphatic rings. The largest absolute Gasteiger partial charge is 0.497 e. The van der Waals surface area contributed by atoms with Gasteiger partial charge in [0.05, 0.1) is 29.7 Å². The fraction of sp³-hybridized carbons (Fsp3) is 0.593. The maximum Gasteiger partial charge on any atom is 0.261 e. The van der Waals surface area contributed by atoms with Crippen molar-refractivity contribution in [3.63, 3.8) is 0 Å². The van der Waals surface area contributed by atoms with Gasteiger partial charge in [0.2, 0.25) is 5.91 Å². The maximum atomic E-state index is 12.9. The van der Waals surface area contributed by atoms with Crippen LogP contribution >= 0.6 is 0 Å². The maximum absolute atomic E-state index is 12.9. The third-order valence-corrected chi connectivity index (χ3v) is 7.12. The molecule has 0 unspecified atom stereocenters. The van der Waals surface area contributed by atoms with Crippen LogP contribution in [0.5, 0.6) is 5.75 Å². The predicted molar refractivity (Wildman–Crippen MR) is 140 cm³/mol. The molecule has 2 aromatic heterocycles. The van der Waals surface area contributed by atoms with Gasteiger partial charge in [-0.05, 0) is 43.4 Å². The lowest BCUT2D eigenvalue weighted by atomic mass is 9.93. The number of nitrogens with zero attached hydrogens (tertiary/aromatic N) is 4. The minimum Gasteiger partial charge on any atom is -0.497 e. The lowest BCUT2D eigenvalue weighted by Crippen LogP contribution is -2.41. The molecule has 0 bridgehead atoms. The number of pyridine rings is 1. The molecular formula is C27H39N5O3. The Morgan fingerprint density at radius 1 is 1.23 bits per heavy atom. The van der Waals surface area contributed by atoms with E-state index in [1.54, 1.807) is 29.6 Å². The van der Waals surface area contributed by atoms with Crippen LogP contribution in [0.4, 0.5) is 0 Å². The van der Waals surface area contributed by atoms with Gasteiger partial charge in [-0.1, -0.05) is 33.1 Å². The normalized spacial score (nSPS) is 14.9. The number of aryl methyl sites for hydroxylation is 1. The number of rotatable bonds is 10. The number of ether oxygens (including phenoxy) is 1. The van der Waals surface area contributed by atoms with E-state index in [4.69, 9.17) is 4.74 Å². The van der Waals surface area contributed by atoms with E-state index in [0.29, 0.717) is 35.2 Å². The Labute approximate surface area is 207 Å². The molecule has 0 radical (unpaired) electrons. The van der Waals surface area contributed by atoms with E-state index in [-0.39, 0.29) is 18.0 Å². The molecule has 1 aliphatic carbocycles. The third-order valence-electron chi connectivity index (χ3n) is 7.12. The van der Waals surface area contributed by atoms with Crippen LogP contribution in [0.15, 0.2) is 29.2 Å². The molecule has 0 atom stereocenters. The Bertz CT molecular complexity index is 1220. The van der Waals surface area contributed by atoms with E-state index < -0.39 is 0 Å². The summed E-state index contributed by atoms with van der Waals surface area (Å²) in [6, 6.07) is 6.27. The summed E-state index contributed by atoms with van der Waals surface area (Å²) in [5.41, 5.74) is 1.31. The molecule has 0 aliphatic heterocycles. The SMILES string of the molecule is COc1ccc2c(c1)c1c(cnn1CC(=O)NCCCN(CC(C)C)C1CCCCC1)c(=O)n2C. The minimum atomic E-state index is -0.128. The molecule has 2 heterocycles. The van der Waals surface area contributed by atoms with Gasteiger partial charge in [-0.25, -0.2) is 0 Å². The molecule has 8 nitrogen and oxygen atoms in total. The number of carbonyl (C=O) groups is 1. The van der Waals surface area contributed by atoms with Gasteiger partial charge in [0.25, 0.3) is 5.56 Å². The molecule has 8 heteroatoms. The first kappa shape index (κ1) is 25.2. The summed E-state index contributed by atoms with van der Waals surface area (Å²) in [7, 11) is 3.36. The third kappa shape index (κ3) is 5.69. The Morgan fingerprint density at radius 3 is 2.71 bits per heavy atom. The van der Waals surface area contributed by atoms with Crippen LogP contribution in [0.1, 0.15) is 52.4 Å². The van der Waals surface area contributed by atoms with Crippen LogP contribution in [0.3, 0.4) is 0 Å². The molecule has 1 N–H and O–H groups in total. The highest BCUT2D eigenvalue weighted by atomic mass is 16.5. The molecular weight excluding hydrogens is 442 g/mol. The number of carbonyl (C=O) groups excluding carboxylic acids is 1. The number of nitrogens with one attached hydrogen (secondary N) is 1. The Hall–Kier alpha value is -2.87. The number of methoxy groups -OCH3 is 1. The summed E-state index contributed by atoms with van der Waals surface area (Å²) in [4.78, 5) is 28.3.